The number of nitrogens with zero attached hydrogens (tertiary/aromatic N) is 2. The SMILES string of the molecule is COc1ccc(-c2cnc(S(=O)CC(=O)Nc3cc(C)cc(C)c3)n2C)cc1. The fourth-order valence-electron chi connectivity index (χ4n) is 3.06. The van der Waals surface area contributed by atoms with Gasteiger partial charge in [0.1, 0.15) is 11.5 Å². The number of imidazole rings is 1. The van der Waals surface area contributed by atoms with Crippen molar-refractivity contribution in [1.29, 1.82) is 0 Å². The molecule has 0 fully saturated rings. The van der Waals surface area contributed by atoms with E-state index in [1.807, 2.05) is 56.3 Å². The predicted octanol–water partition coefficient (Wildman–Crippen LogP) is 3.46. The van der Waals surface area contributed by atoms with Crippen LogP contribution in [0.1, 0.15) is 11.1 Å². The van der Waals surface area contributed by atoms with Crippen molar-refractivity contribution in [2.45, 2.75) is 19.0 Å². The van der Waals surface area contributed by atoms with E-state index in [0.717, 1.165) is 28.1 Å². The van der Waals surface area contributed by atoms with Crippen molar-refractivity contribution < 1.29 is 13.7 Å². The van der Waals surface area contributed by atoms with E-state index in [0.29, 0.717) is 10.8 Å². The average molecular weight is 398 g/mol. The summed E-state index contributed by atoms with van der Waals surface area (Å²) in [6.07, 6.45) is 1.66. The topological polar surface area (TPSA) is 73.2 Å². The van der Waals surface area contributed by atoms with Crippen LogP contribution >= 0.6 is 0 Å². The highest BCUT2D eigenvalue weighted by Crippen LogP contribution is 2.24. The van der Waals surface area contributed by atoms with Crippen LogP contribution in [0.4, 0.5) is 5.69 Å². The molecule has 0 spiro atoms. The molecule has 0 aliphatic carbocycles. The number of amides is 1. The van der Waals surface area contributed by atoms with Crippen LogP contribution in [-0.2, 0) is 22.6 Å². The first-order chi connectivity index (χ1) is 13.4. The minimum absolute atomic E-state index is 0.153. The van der Waals surface area contributed by atoms with E-state index in [-0.39, 0.29) is 11.7 Å². The summed E-state index contributed by atoms with van der Waals surface area (Å²) in [7, 11) is 1.85. The number of aromatic nitrogens is 2. The van der Waals surface area contributed by atoms with Crippen LogP contribution in [0.3, 0.4) is 0 Å². The quantitative estimate of drug-likeness (QED) is 0.691. The van der Waals surface area contributed by atoms with E-state index in [2.05, 4.69) is 10.3 Å². The highest BCUT2D eigenvalue weighted by Gasteiger charge is 2.17. The van der Waals surface area contributed by atoms with Gasteiger partial charge in [0.25, 0.3) is 0 Å². The van der Waals surface area contributed by atoms with Crippen LogP contribution in [0.15, 0.2) is 53.8 Å². The van der Waals surface area contributed by atoms with Crippen molar-refractivity contribution >= 4 is 22.4 Å². The maximum atomic E-state index is 12.7. The third-order valence-electron chi connectivity index (χ3n) is 4.30. The zero-order valence-electron chi connectivity index (χ0n) is 16.4. The molecule has 0 saturated heterocycles. The summed E-state index contributed by atoms with van der Waals surface area (Å²) in [4.78, 5) is 16.6. The summed E-state index contributed by atoms with van der Waals surface area (Å²) in [6, 6.07) is 13.3. The molecule has 1 aromatic heterocycles. The summed E-state index contributed by atoms with van der Waals surface area (Å²) < 4.78 is 19.6. The van der Waals surface area contributed by atoms with Crippen LogP contribution < -0.4 is 10.1 Å². The molecule has 0 radical (unpaired) electrons. The molecule has 146 valence electrons. The molecule has 0 saturated carbocycles. The van der Waals surface area contributed by atoms with Crippen molar-refractivity contribution in [3.05, 3.63) is 59.8 Å². The zero-order valence-corrected chi connectivity index (χ0v) is 17.2. The molecule has 2 aromatic carbocycles. The van der Waals surface area contributed by atoms with Crippen molar-refractivity contribution in [2.75, 3.05) is 18.2 Å². The summed E-state index contributed by atoms with van der Waals surface area (Å²) in [5.74, 6) is 0.301. The second kappa shape index (κ2) is 8.39. The number of ether oxygens (including phenoxy) is 1. The lowest BCUT2D eigenvalue weighted by Gasteiger charge is -2.09. The number of hydrogen-bond donors (Lipinski definition) is 1. The van der Waals surface area contributed by atoms with E-state index in [1.54, 1.807) is 24.9 Å². The Morgan fingerprint density at radius 2 is 1.79 bits per heavy atom. The van der Waals surface area contributed by atoms with Gasteiger partial charge in [0.15, 0.2) is 5.16 Å². The number of anilines is 1. The summed E-state index contributed by atoms with van der Waals surface area (Å²) in [5.41, 5.74) is 4.58. The highest BCUT2D eigenvalue weighted by atomic mass is 32.2. The van der Waals surface area contributed by atoms with Crippen molar-refractivity contribution in [3.63, 3.8) is 0 Å². The lowest BCUT2D eigenvalue weighted by Crippen LogP contribution is -2.21. The van der Waals surface area contributed by atoms with Gasteiger partial charge in [-0.25, -0.2) is 4.98 Å². The Morgan fingerprint density at radius 1 is 1.14 bits per heavy atom. The Hall–Kier alpha value is -2.93. The Kier molecular flexibility index (Phi) is 5.94. The van der Waals surface area contributed by atoms with E-state index in [1.165, 1.54) is 0 Å². The molecule has 6 nitrogen and oxygen atoms in total. The molecule has 7 heteroatoms. The van der Waals surface area contributed by atoms with E-state index >= 15 is 0 Å². The molecule has 1 atom stereocenters. The fourth-order valence-corrected chi connectivity index (χ4v) is 4.08. The van der Waals surface area contributed by atoms with Crippen molar-refractivity contribution in [2.24, 2.45) is 7.05 Å². The Bertz CT molecular complexity index is 1010. The molecule has 0 aliphatic rings. The molecule has 0 aliphatic heterocycles. The van der Waals surface area contributed by atoms with Gasteiger partial charge in [-0.2, -0.15) is 0 Å². The van der Waals surface area contributed by atoms with Gasteiger partial charge in [-0.1, -0.05) is 6.07 Å². The van der Waals surface area contributed by atoms with Gasteiger partial charge < -0.3 is 14.6 Å². The van der Waals surface area contributed by atoms with E-state index in [9.17, 15) is 9.00 Å². The molecular formula is C21H23N3O3S. The predicted molar refractivity (Wildman–Crippen MR) is 111 cm³/mol. The summed E-state index contributed by atoms with van der Waals surface area (Å²) >= 11 is 0. The molecular weight excluding hydrogens is 374 g/mol. The molecule has 3 aromatic rings. The van der Waals surface area contributed by atoms with Gasteiger partial charge in [0, 0.05) is 18.3 Å². The maximum absolute atomic E-state index is 12.7. The normalized spacial score (nSPS) is 11.9. The van der Waals surface area contributed by atoms with Crippen LogP contribution in [0.5, 0.6) is 5.75 Å². The molecule has 1 N–H and O–H groups in total. The van der Waals surface area contributed by atoms with Gasteiger partial charge in [-0.3, -0.25) is 9.00 Å². The van der Waals surface area contributed by atoms with Crippen LogP contribution in [0, 0.1) is 13.8 Å². The number of carbonyl (C=O) groups excluding carboxylic acids is 1. The molecule has 28 heavy (non-hydrogen) atoms. The Morgan fingerprint density at radius 3 is 2.39 bits per heavy atom. The van der Waals surface area contributed by atoms with Gasteiger partial charge >= 0.3 is 0 Å². The Labute approximate surface area is 167 Å². The molecule has 1 amide bonds. The van der Waals surface area contributed by atoms with Gasteiger partial charge in [0.2, 0.25) is 5.91 Å². The molecule has 3 rings (SSSR count). The largest absolute Gasteiger partial charge is 0.497 e. The van der Waals surface area contributed by atoms with Crippen LogP contribution in [0.25, 0.3) is 11.3 Å². The van der Waals surface area contributed by atoms with Crippen LogP contribution in [0.2, 0.25) is 0 Å². The second-order valence-electron chi connectivity index (χ2n) is 6.63. The van der Waals surface area contributed by atoms with Crippen molar-refractivity contribution in [1.82, 2.24) is 9.55 Å². The number of benzene rings is 2. The smallest absolute Gasteiger partial charge is 0.237 e. The standard InChI is InChI=1S/C21H23N3O3S/c1-14-9-15(2)11-17(10-14)23-20(25)13-28(26)21-22-12-19(24(21)3)16-5-7-18(27-4)8-6-16/h5-12H,13H2,1-4H3,(H,23,25). The van der Waals surface area contributed by atoms with E-state index < -0.39 is 10.8 Å². The number of aryl methyl sites for hydroxylation is 2. The Balaban J connectivity index is 1.72. The minimum Gasteiger partial charge on any atom is -0.497 e. The average Bonchev–Trinajstić information content (AvgIpc) is 3.02. The third-order valence-corrected chi connectivity index (χ3v) is 5.61. The first-order valence-electron chi connectivity index (χ1n) is 8.80. The first-order valence-corrected chi connectivity index (χ1v) is 10.1. The lowest BCUT2D eigenvalue weighted by atomic mass is 10.1. The fraction of sp³-hybridized carbons (Fsp3) is 0.238. The highest BCUT2D eigenvalue weighted by molar-refractivity contribution is 7.85. The monoisotopic (exact) mass is 397 g/mol. The number of carbonyl (C=O) groups is 1. The minimum atomic E-state index is -1.55. The zero-order chi connectivity index (χ0) is 20.3. The number of methoxy groups -OCH3 is 1. The molecule has 1 heterocycles. The summed E-state index contributed by atoms with van der Waals surface area (Å²) in [6.45, 7) is 3.94. The van der Waals surface area contributed by atoms with Crippen LogP contribution in [-0.4, -0.2) is 32.5 Å². The van der Waals surface area contributed by atoms with Gasteiger partial charge in [-0.05, 0) is 61.4 Å². The first kappa shape index (κ1) is 19.8. The van der Waals surface area contributed by atoms with Gasteiger partial charge in [-0.15, -0.1) is 0 Å². The third kappa shape index (κ3) is 4.48. The lowest BCUT2D eigenvalue weighted by molar-refractivity contribution is -0.113. The van der Waals surface area contributed by atoms with Gasteiger partial charge in [0.05, 0.1) is 29.8 Å². The summed E-state index contributed by atoms with van der Waals surface area (Å²) in [5, 5.41) is 3.17. The second-order valence-corrected chi connectivity index (χ2v) is 7.97. The molecule has 0 bridgehead atoms. The number of hydrogen-bond acceptors (Lipinski definition) is 4. The maximum Gasteiger partial charge on any atom is 0.237 e. The number of rotatable bonds is 6. The van der Waals surface area contributed by atoms with E-state index in [4.69, 9.17) is 4.74 Å². The number of nitrogens with one attached hydrogen (secondary N) is 1. The van der Waals surface area contributed by atoms with Crippen molar-refractivity contribution in [3.8, 4) is 17.0 Å². The molecule has 1 unspecified atom stereocenters.